The summed E-state index contributed by atoms with van der Waals surface area (Å²) >= 11 is 0. The van der Waals surface area contributed by atoms with Crippen molar-refractivity contribution in [2.24, 2.45) is 17.8 Å². The van der Waals surface area contributed by atoms with Gasteiger partial charge in [-0.1, -0.05) is 33.8 Å². The van der Waals surface area contributed by atoms with Crippen molar-refractivity contribution in [3.63, 3.8) is 0 Å². The summed E-state index contributed by atoms with van der Waals surface area (Å²) in [5.74, 6) is 0.346. The predicted octanol–water partition coefficient (Wildman–Crippen LogP) is 6.94. The molecule has 1 fully saturated rings. The lowest BCUT2D eigenvalue weighted by atomic mass is 9.75. The highest BCUT2D eigenvalue weighted by Crippen LogP contribution is 2.35. The molecule has 0 amide bonds. The molecule has 0 spiro atoms. The number of rotatable bonds is 12. The van der Waals surface area contributed by atoms with Crippen molar-refractivity contribution in [1.82, 2.24) is 0 Å². The SMILES string of the molecule is C=C(C)C(=O)OCCCCOC(=O)Oc1ccc(C(=O)Oc2ccc(C(=O)OC3CC(C)CCC3C(C)C)cc2)cc1. The summed E-state index contributed by atoms with van der Waals surface area (Å²) in [6.07, 6.45) is 3.10. The summed E-state index contributed by atoms with van der Waals surface area (Å²) in [6, 6.07) is 12.1. The highest BCUT2D eigenvalue weighted by atomic mass is 16.7. The Labute approximate surface area is 247 Å². The van der Waals surface area contributed by atoms with Crippen LogP contribution in [0.25, 0.3) is 0 Å². The summed E-state index contributed by atoms with van der Waals surface area (Å²) in [7, 11) is 0. The fraction of sp³-hybridized carbons (Fsp3) is 0.455. The van der Waals surface area contributed by atoms with Crippen LogP contribution in [0.3, 0.4) is 0 Å². The molecular formula is C33H40O9. The molecule has 2 aromatic rings. The molecule has 3 unspecified atom stereocenters. The van der Waals surface area contributed by atoms with Gasteiger partial charge in [0.25, 0.3) is 0 Å². The average Bonchev–Trinajstić information content (AvgIpc) is 2.95. The van der Waals surface area contributed by atoms with Gasteiger partial charge < -0.3 is 23.7 Å². The highest BCUT2D eigenvalue weighted by molar-refractivity contribution is 5.92. The van der Waals surface area contributed by atoms with Crippen molar-refractivity contribution in [3.05, 3.63) is 71.8 Å². The summed E-state index contributed by atoms with van der Waals surface area (Å²) in [6.45, 7) is 11.9. The average molecular weight is 581 g/mol. The third-order valence-corrected chi connectivity index (χ3v) is 7.15. The van der Waals surface area contributed by atoms with Crippen LogP contribution >= 0.6 is 0 Å². The van der Waals surface area contributed by atoms with Gasteiger partial charge in [-0.05, 0) is 98.9 Å². The van der Waals surface area contributed by atoms with E-state index in [9.17, 15) is 19.2 Å². The van der Waals surface area contributed by atoms with Crippen LogP contribution in [-0.2, 0) is 19.0 Å². The van der Waals surface area contributed by atoms with Gasteiger partial charge in [-0.2, -0.15) is 0 Å². The van der Waals surface area contributed by atoms with E-state index >= 15 is 0 Å². The summed E-state index contributed by atoms with van der Waals surface area (Å²) in [5, 5.41) is 0. The Kier molecular flexibility index (Phi) is 12.1. The van der Waals surface area contributed by atoms with Gasteiger partial charge in [0.15, 0.2) is 0 Å². The Balaban J connectivity index is 1.42. The zero-order chi connectivity index (χ0) is 30.6. The number of unbranched alkanes of at least 4 members (excludes halogenated alkanes) is 1. The Hall–Kier alpha value is -4.14. The molecular weight excluding hydrogens is 540 g/mol. The second-order valence-electron chi connectivity index (χ2n) is 11.0. The fourth-order valence-electron chi connectivity index (χ4n) is 4.71. The van der Waals surface area contributed by atoms with Crippen molar-refractivity contribution in [2.75, 3.05) is 13.2 Å². The summed E-state index contributed by atoms with van der Waals surface area (Å²) in [4.78, 5) is 48.6. The van der Waals surface area contributed by atoms with Crippen molar-refractivity contribution in [2.45, 2.75) is 65.9 Å². The van der Waals surface area contributed by atoms with E-state index < -0.39 is 18.1 Å². The maximum atomic E-state index is 12.8. The maximum Gasteiger partial charge on any atom is 0.513 e. The van der Waals surface area contributed by atoms with E-state index in [1.807, 2.05) is 0 Å². The first-order valence-electron chi connectivity index (χ1n) is 14.3. The molecule has 0 bridgehead atoms. The minimum Gasteiger partial charge on any atom is -0.462 e. The Bertz CT molecular complexity index is 1230. The van der Waals surface area contributed by atoms with Crippen molar-refractivity contribution in [3.8, 4) is 11.5 Å². The second kappa shape index (κ2) is 15.7. The Morgan fingerprint density at radius 2 is 1.36 bits per heavy atom. The molecule has 0 aromatic heterocycles. The first-order chi connectivity index (χ1) is 20.0. The molecule has 1 aliphatic carbocycles. The number of hydrogen-bond donors (Lipinski definition) is 0. The number of carbonyl (C=O) groups is 4. The van der Waals surface area contributed by atoms with Gasteiger partial charge >= 0.3 is 24.1 Å². The van der Waals surface area contributed by atoms with Gasteiger partial charge in [0.2, 0.25) is 0 Å². The third kappa shape index (κ3) is 10.0. The molecule has 1 saturated carbocycles. The number of benzene rings is 2. The van der Waals surface area contributed by atoms with Crippen LogP contribution in [0.2, 0.25) is 0 Å². The first-order valence-corrected chi connectivity index (χ1v) is 14.3. The van der Waals surface area contributed by atoms with Crippen LogP contribution in [0, 0.1) is 17.8 Å². The quantitative estimate of drug-likeness (QED) is 0.0657. The van der Waals surface area contributed by atoms with E-state index in [0.29, 0.717) is 41.7 Å². The number of ether oxygens (including phenoxy) is 5. The molecule has 0 N–H and O–H groups in total. The summed E-state index contributed by atoms with van der Waals surface area (Å²) < 4.78 is 26.4. The van der Waals surface area contributed by atoms with Gasteiger partial charge in [0, 0.05) is 5.57 Å². The molecule has 42 heavy (non-hydrogen) atoms. The van der Waals surface area contributed by atoms with Gasteiger partial charge in [0.1, 0.15) is 17.6 Å². The van der Waals surface area contributed by atoms with Crippen LogP contribution in [-0.4, -0.2) is 43.4 Å². The van der Waals surface area contributed by atoms with Crippen molar-refractivity contribution >= 4 is 24.1 Å². The van der Waals surface area contributed by atoms with Crippen LogP contribution < -0.4 is 9.47 Å². The van der Waals surface area contributed by atoms with Gasteiger partial charge in [0.05, 0.1) is 24.3 Å². The van der Waals surface area contributed by atoms with Crippen LogP contribution in [0.5, 0.6) is 11.5 Å². The molecule has 0 heterocycles. The standard InChI is InChI=1S/C33H40O9/c1-21(2)28-17-8-23(5)20-29(28)42-32(36)25-9-13-26(14-10-25)40-31(35)24-11-15-27(16-12-24)41-33(37)39-19-7-6-18-38-30(34)22(3)4/h9-16,21,23,28-29H,3,6-8,17-20H2,1-2,4-5H3. The van der Waals surface area contributed by atoms with Crippen LogP contribution in [0.15, 0.2) is 60.7 Å². The Morgan fingerprint density at radius 1 is 0.810 bits per heavy atom. The van der Waals surface area contributed by atoms with E-state index in [-0.39, 0.29) is 42.3 Å². The zero-order valence-electron chi connectivity index (χ0n) is 24.8. The van der Waals surface area contributed by atoms with E-state index in [4.69, 9.17) is 23.7 Å². The third-order valence-electron chi connectivity index (χ3n) is 7.15. The van der Waals surface area contributed by atoms with E-state index in [2.05, 4.69) is 27.4 Å². The van der Waals surface area contributed by atoms with Gasteiger partial charge in [-0.3, -0.25) is 0 Å². The zero-order valence-corrected chi connectivity index (χ0v) is 24.8. The van der Waals surface area contributed by atoms with Crippen LogP contribution in [0.1, 0.15) is 80.5 Å². The lowest BCUT2D eigenvalue weighted by Crippen LogP contribution is -2.35. The van der Waals surface area contributed by atoms with E-state index in [0.717, 1.165) is 19.3 Å². The van der Waals surface area contributed by atoms with Crippen LogP contribution in [0.4, 0.5) is 4.79 Å². The molecule has 9 heteroatoms. The summed E-state index contributed by atoms with van der Waals surface area (Å²) in [5.41, 5.74) is 0.968. The topological polar surface area (TPSA) is 114 Å². The smallest absolute Gasteiger partial charge is 0.462 e. The number of hydrogen-bond acceptors (Lipinski definition) is 9. The Morgan fingerprint density at radius 3 is 1.93 bits per heavy atom. The lowest BCUT2D eigenvalue weighted by Gasteiger charge is -2.36. The minimum absolute atomic E-state index is 0.0995. The van der Waals surface area contributed by atoms with Gasteiger partial charge in [-0.25, -0.2) is 19.2 Å². The fourth-order valence-corrected chi connectivity index (χ4v) is 4.71. The molecule has 226 valence electrons. The predicted molar refractivity (Wildman–Crippen MR) is 155 cm³/mol. The lowest BCUT2D eigenvalue weighted by molar-refractivity contribution is -0.139. The molecule has 0 radical (unpaired) electrons. The minimum atomic E-state index is -0.888. The molecule has 2 aromatic carbocycles. The van der Waals surface area contributed by atoms with Crippen molar-refractivity contribution in [1.29, 1.82) is 0 Å². The molecule has 0 aliphatic heterocycles. The van der Waals surface area contributed by atoms with E-state index in [1.54, 1.807) is 31.2 Å². The maximum absolute atomic E-state index is 12.8. The highest BCUT2D eigenvalue weighted by Gasteiger charge is 2.33. The van der Waals surface area contributed by atoms with Gasteiger partial charge in [-0.15, -0.1) is 0 Å². The number of carbonyl (C=O) groups excluding carboxylic acids is 4. The number of esters is 3. The molecule has 1 aliphatic rings. The second-order valence-corrected chi connectivity index (χ2v) is 11.0. The molecule has 3 rings (SSSR count). The molecule has 0 saturated heterocycles. The monoisotopic (exact) mass is 580 g/mol. The van der Waals surface area contributed by atoms with Crippen molar-refractivity contribution < 1.29 is 42.9 Å². The normalized spacial score (nSPS) is 18.1. The largest absolute Gasteiger partial charge is 0.513 e. The molecule has 3 atom stereocenters. The first kappa shape index (κ1) is 32.4. The molecule has 9 nitrogen and oxygen atoms in total. The van der Waals surface area contributed by atoms with E-state index in [1.165, 1.54) is 24.3 Å².